The van der Waals surface area contributed by atoms with Crippen LogP contribution in [0.2, 0.25) is 0 Å². The molecule has 0 spiro atoms. The molecule has 1 atom stereocenters. The molecule has 1 saturated heterocycles. The number of nitrogens with zero attached hydrogens (tertiary/aromatic N) is 1. The summed E-state index contributed by atoms with van der Waals surface area (Å²) in [5.74, 6) is 3.33. The summed E-state index contributed by atoms with van der Waals surface area (Å²) in [5, 5.41) is 0. The van der Waals surface area contributed by atoms with Gasteiger partial charge in [0.2, 0.25) is 0 Å². The summed E-state index contributed by atoms with van der Waals surface area (Å²) < 4.78 is 0. The molecule has 3 fully saturated rings. The molecule has 13 heavy (non-hydrogen) atoms. The fraction of sp³-hybridized carbons (Fsp3) is 1.00. The number of hydrogen-bond acceptors (Lipinski definition) is 1. The van der Waals surface area contributed by atoms with Crippen LogP contribution in [0.25, 0.3) is 0 Å². The molecular formula is C12H21N. The topological polar surface area (TPSA) is 3.24 Å². The van der Waals surface area contributed by atoms with Crippen molar-refractivity contribution in [3.05, 3.63) is 0 Å². The number of piperidine rings is 1. The Morgan fingerprint density at radius 1 is 0.923 bits per heavy atom. The van der Waals surface area contributed by atoms with E-state index < -0.39 is 0 Å². The first kappa shape index (κ1) is 8.28. The highest BCUT2D eigenvalue weighted by atomic mass is 15.1. The summed E-state index contributed by atoms with van der Waals surface area (Å²) in [6, 6.07) is 0. The van der Waals surface area contributed by atoms with Crippen molar-refractivity contribution < 1.29 is 0 Å². The Kier molecular flexibility index (Phi) is 2.08. The first-order chi connectivity index (χ1) is 6.42. The highest BCUT2D eigenvalue weighted by molar-refractivity contribution is 4.87. The maximum Gasteiger partial charge on any atom is 0.00124 e. The van der Waals surface area contributed by atoms with Crippen molar-refractivity contribution in [3.8, 4) is 0 Å². The Morgan fingerprint density at radius 2 is 1.77 bits per heavy atom. The van der Waals surface area contributed by atoms with E-state index in [-0.39, 0.29) is 0 Å². The Bertz CT molecular complexity index is 182. The second-order valence-corrected chi connectivity index (χ2v) is 5.44. The third-order valence-electron chi connectivity index (χ3n) is 4.04. The average molecular weight is 179 g/mol. The Labute approximate surface area is 81.5 Å². The normalized spacial score (nSPS) is 36.5. The van der Waals surface area contributed by atoms with Gasteiger partial charge in [0.1, 0.15) is 0 Å². The smallest absolute Gasteiger partial charge is 0.00124 e. The monoisotopic (exact) mass is 179 g/mol. The standard InChI is InChI=1S/C12H21N/c1-2-12(11-5-6-11)9-13(7-1)8-10-3-4-10/h10-12H,1-9H2. The lowest BCUT2D eigenvalue weighted by Gasteiger charge is -2.32. The molecule has 0 amide bonds. The van der Waals surface area contributed by atoms with E-state index in [2.05, 4.69) is 4.90 Å². The third kappa shape index (κ3) is 2.07. The molecule has 2 saturated carbocycles. The van der Waals surface area contributed by atoms with Crippen molar-refractivity contribution in [3.63, 3.8) is 0 Å². The Morgan fingerprint density at radius 3 is 2.46 bits per heavy atom. The van der Waals surface area contributed by atoms with Crippen molar-refractivity contribution in [2.24, 2.45) is 17.8 Å². The number of rotatable bonds is 3. The van der Waals surface area contributed by atoms with Gasteiger partial charge in [0, 0.05) is 13.1 Å². The van der Waals surface area contributed by atoms with E-state index in [1.54, 1.807) is 12.8 Å². The molecule has 0 bridgehead atoms. The highest BCUT2D eigenvalue weighted by Crippen LogP contribution is 2.41. The minimum Gasteiger partial charge on any atom is -0.303 e. The minimum absolute atomic E-state index is 1.09. The van der Waals surface area contributed by atoms with Crippen LogP contribution in [0, 0.1) is 17.8 Å². The largest absolute Gasteiger partial charge is 0.303 e. The van der Waals surface area contributed by atoms with Crippen molar-refractivity contribution in [1.82, 2.24) is 4.90 Å². The lowest BCUT2D eigenvalue weighted by molar-refractivity contribution is 0.156. The maximum atomic E-state index is 2.75. The van der Waals surface area contributed by atoms with E-state index in [0.717, 1.165) is 17.8 Å². The minimum atomic E-state index is 1.09. The molecule has 1 heteroatoms. The maximum absolute atomic E-state index is 2.75. The molecule has 3 rings (SSSR count). The van der Waals surface area contributed by atoms with Gasteiger partial charge >= 0.3 is 0 Å². The van der Waals surface area contributed by atoms with Gasteiger partial charge in [0.15, 0.2) is 0 Å². The van der Waals surface area contributed by atoms with Gasteiger partial charge in [-0.3, -0.25) is 0 Å². The molecule has 0 aromatic rings. The fourth-order valence-electron chi connectivity index (χ4n) is 2.88. The van der Waals surface area contributed by atoms with Crippen LogP contribution in [0.1, 0.15) is 38.5 Å². The lowest BCUT2D eigenvalue weighted by Crippen LogP contribution is -2.37. The number of hydrogen-bond donors (Lipinski definition) is 0. The summed E-state index contributed by atoms with van der Waals surface area (Å²) in [5.41, 5.74) is 0. The molecule has 0 N–H and O–H groups in total. The van der Waals surface area contributed by atoms with Crippen LogP contribution < -0.4 is 0 Å². The summed E-state index contributed by atoms with van der Waals surface area (Å²) in [4.78, 5) is 2.75. The van der Waals surface area contributed by atoms with Crippen molar-refractivity contribution in [1.29, 1.82) is 0 Å². The summed E-state index contributed by atoms with van der Waals surface area (Å²) in [7, 11) is 0. The predicted molar refractivity (Wildman–Crippen MR) is 54.6 cm³/mol. The van der Waals surface area contributed by atoms with E-state index in [1.807, 2.05) is 0 Å². The molecule has 1 unspecified atom stereocenters. The zero-order valence-corrected chi connectivity index (χ0v) is 8.54. The van der Waals surface area contributed by atoms with Crippen LogP contribution >= 0.6 is 0 Å². The first-order valence-corrected chi connectivity index (χ1v) is 6.14. The zero-order valence-electron chi connectivity index (χ0n) is 8.54. The van der Waals surface area contributed by atoms with Crippen LogP contribution in [0.3, 0.4) is 0 Å². The molecule has 74 valence electrons. The van der Waals surface area contributed by atoms with Crippen LogP contribution in [0.4, 0.5) is 0 Å². The SMILES string of the molecule is C1CC(C2CC2)CN(CC2CC2)C1. The summed E-state index contributed by atoms with van der Waals surface area (Å²) >= 11 is 0. The molecule has 1 heterocycles. The third-order valence-corrected chi connectivity index (χ3v) is 4.04. The van der Waals surface area contributed by atoms with Gasteiger partial charge in [-0.2, -0.15) is 0 Å². The molecule has 1 aliphatic heterocycles. The predicted octanol–water partition coefficient (Wildman–Crippen LogP) is 2.52. The van der Waals surface area contributed by atoms with Gasteiger partial charge in [-0.15, -0.1) is 0 Å². The van der Waals surface area contributed by atoms with Crippen molar-refractivity contribution in [2.75, 3.05) is 19.6 Å². The van der Waals surface area contributed by atoms with Gasteiger partial charge in [0.25, 0.3) is 0 Å². The van der Waals surface area contributed by atoms with E-state index in [9.17, 15) is 0 Å². The van der Waals surface area contributed by atoms with Crippen molar-refractivity contribution in [2.45, 2.75) is 38.5 Å². The second-order valence-electron chi connectivity index (χ2n) is 5.44. The Balaban J connectivity index is 1.50. The molecular weight excluding hydrogens is 158 g/mol. The molecule has 0 aromatic heterocycles. The molecule has 0 aromatic carbocycles. The molecule has 3 aliphatic rings. The second kappa shape index (κ2) is 3.27. The van der Waals surface area contributed by atoms with Gasteiger partial charge in [-0.1, -0.05) is 0 Å². The Hall–Kier alpha value is -0.0400. The highest BCUT2D eigenvalue weighted by Gasteiger charge is 2.35. The first-order valence-electron chi connectivity index (χ1n) is 6.14. The molecule has 2 aliphatic carbocycles. The lowest BCUT2D eigenvalue weighted by atomic mass is 9.93. The van der Waals surface area contributed by atoms with Gasteiger partial charge < -0.3 is 4.90 Å². The zero-order chi connectivity index (χ0) is 8.67. The number of likely N-dealkylation sites (tertiary alicyclic amines) is 1. The van der Waals surface area contributed by atoms with Gasteiger partial charge in [-0.25, -0.2) is 0 Å². The fourth-order valence-corrected chi connectivity index (χ4v) is 2.88. The summed E-state index contributed by atoms with van der Waals surface area (Å²) in [6.45, 7) is 4.28. The van der Waals surface area contributed by atoms with E-state index in [1.165, 1.54) is 45.3 Å². The molecule has 0 radical (unpaired) electrons. The van der Waals surface area contributed by atoms with E-state index in [4.69, 9.17) is 0 Å². The van der Waals surface area contributed by atoms with E-state index in [0.29, 0.717) is 0 Å². The van der Waals surface area contributed by atoms with Gasteiger partial charge in [0.05, 0.1) is 0 Å². The summed E-state index contributed by atoms with van der Waals surface area (Å²) in [6.07, 6.45) is 9.14. The van der Waals surface area contributed by atoms with Crippen LogP contribution in [0.15, 0.2) is 0 Å². The molecule has 1 nitrogen and oxygen atoms in total. The van der Waals surface area contributed by atoms with Crippen LogP contribution in [0.5, 0.6) is 0 Å². The average Bonchev–Trinajstić information content (AvgIpc) is 3.00. The van der Waals surface area contributed by atoms with Crippen LogP contribution in [-0.4, -0.2) is 24.5 Å². The van der Waals surface area contributed by atoms with Crippen molar-refractivity contribution >= 4 is 0 Å². The van der Waals surface area contributed by atoms with E-state index >= 15 is 0 Å². The van der Waals surface area contributed by atoms with Crippen LogP contribution in [-0.2, 0) is 0 Å². The van der Waals surface area contributed by atoms with Gasteiger partial charge in [-0.05, 0) is 62.8 Å². The quantitative estimate of drug-likeness (QED) is 0.643.